The minimum atomic E-state index is -0.336. The van der Waals surface area contributed by atoms with Crippen LogP contribution in [-0.2, 0) is 16.1 Å². The van der Waals surface area contributed by atoms with Gasteiger partial charge in [-0.05, 0) is 37.5 Å². The van der Waals surface area contributed by atoms with Crippen molar-refractivity contribution >= 4 is 29.0 Å². The first-order valence-electron chi connectivity index (χ1n) is 11.9. The zero-order valence-electron chi connectivity index (χ0n) is 19.8. The number of aromatic nitrogens is 3. The molecule has 0 atom stereocenters. The zero-order chi connectivity index (χ0) is 24.6. The summed E-state index contributed by atoms with van der Waals surface area (Å²) < 4.78 is 6.53. The Morgan fingerprint density at radius 2 is 1.89 bits per heavy atom. The minimum Gasteiger partial charge on any atom is -0.466 e. The highest BCUT2D eigenvalue weighted by Gasteiger charge is 2.25. The van der Waals surface area contributed by atoms with E-state index in [1.54, 1.807) is 17.7 Å². The average Bonchev–Trinajstić information content (AvgIpc) is 2.87. The Balaban J connectivity index is 1.41. The number of nitrogens with zero attached hydrogens (tertiary/aromatic N) is 4. The molecule has 0 saturated carbocycles. The second kappa shape index (κ2) is 11.5. The van der Waals surface area contributed by atoms with E-state index in [-0.39, 0.29) is 36.6 Å². The van der Waals surface area contributed by atoms with Gasteiger partial charge >= 0.3 is 12.0 Å². The van der Waals surface area contributed by atoms with Crippen LogP contribution in [0.5, 0.6) is 0 Å². The van der Waals surface area contributed by atoms with Gasteiger partial charge < -0.3 is 20.3 Å². The summed E-state index contributed by atoms with van der Waals surface area (Å²) in [7, 11) is 0. The number of ether oxygens (including phenoxy) is 1. The van der Waals surface area contributed by atoms with Gasteiger partial charge in [-0.1, -0.05) is 30.3 Å². The summed E-state index contributed by atoms with van der Waals surface area (Å²) in [5.41, 5.74) is 2.05. The molecule has 0 aliphatic carbocycles. The topological polar surface area (TPSA) is 118 Å². The number of nitrogens with one attached hydrogen (secondary N) is 2. The van der Waals surface area contributed by atoms with E-state index in [2.05, 4.69) is 20.6 Å². The number of carbonyl (C=O) groups excluding carboxylic acids is 2. The van der Waals surface area contributed by atoms with Crippen LogP contribution >= 0.6 is 0 Å². The largest absolute Gasteiger partial charge is 0.466 e. The van der Waals surface area contributed by atoms with Gasteiger partial charge in [-0.2, -0.15) is 0 Å². The molecule has 2 aromatic heterocycles. The number of fused-ring (bicyclic) bond motifs is 1. The van der Waals surface area contributed by atoms with Gasteiger partial charge in [0.15, 0.2) is 11.5 Å². The maximum atomic E-state index is 13.5. The number of pyridine rings is 1. The van der Waals surface area contributed by atoms with Crippen molar-refractivity contribution in [2.45, 2.75) is 38.8 Å². The highest BCUT2D eigenvalue weighted by Crippen LogP contribution is 2.18. The number of urea groups is 1. The van der Waals surface area contributed by atoms with E-state index in [1.165, 1.54) is 0 Å². The van der Waals surface area contributed by atoms with Crippen LogP contribution < -0.4 is 21.1 Å². The number of hydrogen-bond acceptors (Lipinski definition) is 7. The van der Waals surface area contributed by atoms with E-state index in [0.29, 0.717) is 56.1 Å². The van der Waals surface area contributed by atoms with E-state index in [1.807, 2.05) is 47.4 Å². The fourth-order valence-electron chi connectivity index (χ4n) is 4.16. The molecular weight excluding hydrogens is 448 g/mol. The van der Waals surface area contributed by atoms with Crippen LogP contribution in [0.2, 0.25) is 0 Å². The molecule has 4 rings (SSSR count). The maximum absolute atomic E-state index is 13.5. The van der Waals surface area contributed by atoms with E-state index in [9.17, 15) is 14.4 Å². The van der Waals surface area contributed by atoms with Crippen LogP contribution in [0.15, 0.2) is 53.5 Å². The first-order valence-corrected chi connectivity index (χ1v) is 11.9. The molecule has 35 heavy (non-hydrogen) atoms. The van der Waals surface area contributed by atoms with Crippen molar-refractivity contribution in [1.82, 2.24) is 25.2 Å². The molecule has 184 valence electrons. The number of anilines is 1. The maximum Gasteiger partial charge on any atom is 0.315 e. The molecule has 2 N–H and O–H groups in total. The van der Waals surface area contributed by atoms with Crippen molar-refractivity contribution in [3.05, 3.63) is 64.6 Å². The zero-order valence-corrected chi connectivity index (χ0v) is 19.8. The van der Waals surface area contributed by atoms with Crippen LogP contribution in [-0.4, -0.2) is 58.8 Å². The number of esters is 1. The molecule has 1 aliphatic heterocycles. The van der Waals surface area contributed by atoms with Crippen molar-refractivity contribution < 1.29 is 14.3 Å². The third-order valence-corrected chi connectivity index (χ3v) is 5.92. The monoisotopic (exact) mass is 478 g/mol. The second-order valence-electron chi connectivity index (χ2n) is 8.38. The average molecular weight is 479 g/mol. The molecular formula is C25H30N6O4. The second-order valence-corrected chi connectivity index (χ2v) is 8.38. The van der Waals surface area contributed by atoms with Gasteiger partial charge in [0, 0.05) is 31.9 Å². The molecule has 1 aliphatic rings. The normalized spacial score (nSPS) is 14.0. The Morgan fingerprint density at radius 1 is 1.11 bits per heavy atom. The molecule has 0 radical (unpaired) electrons. The summed E-state index contributed by atoms with van der Waals surface area (Å²) in [5, 5.41) is 5.63. The molecule has 3 aromatic rings. The number of rotatable bonds is 8. The van der Waals surface area contributed by atoms with Gasteiger partial charge in [-0.25, -0.2) is 14.8 Å². The van der Waals surface area contributed by atoms with E-state index in [4.69, 9.17) is 4.74 Å². The number of hydrogen-bond donors (Lipinski definition) is 2. The molecule has 0 spiro atoms. The third-order valence-electron chi connectivity index (χ3n) is 5.92. The van der Waals surface area contributed by atoms with Gasteiger partial charge in [0.2, 0.25) is 0 Å². The molecule has 2 amide bonds. The Kier molecular flexibility index (Phi) is 7.92. The molecule has 1 fully saturated rings. The highest BCUT2D eigenvalue weighted by molar-refractivity contribution is 5.76. The molecule has 1 aromatic carbocycles. The molecule has 10 nitrogen and oxygen atoms in total. The lowest BCUT2D eigenvalue weighted by Gasteiger charge is -2.33. The lowest BCUT2D eigenvalue weighted by molar-refractivity contribution is -0.142. The van der Waals surface area contributed by atoms with Crippen molar-refractivity contribution in [3.8, 4) is 0 Å². The van der Waals surface area contributed by atoms with Gasteiger partial charge in [0.05, 0.1) is 19.6 Å². The summed E-state index contributed by atoms with van der Waals surface area (Å²) >= 11 is 0. The van der Waals surface area contributed by atoms with Gasteiger partial charge in [-0.15, -0.1) is 0 Å². The van der Waals surface area contributed by atoms with E-state index in [0.717, 1.165) is 5.56 Å². The quantitative estimate of drug-likeness (QED) is 0.476. The van der Waals surface area contributed by atoms with E-state index < -0.39 is 0 Å². The smallest absolute Gasteiger partial charge is 0.315 e. The first kappa shape index (κ1) is 24.2. The first-order chi connectivity index (χ1) is 17.0. The standard InChI is InChI=1S/C25H30N6O4/c1-2-35-21(32)10-14-27-25(34)28-19-11-15-30(16-12-19)23-24(33)31(17-18-7-4-3-5-8-18)22-20(29-23)9-6-13-26-22/h3-9,13,19H,2,10-12,14-17H2,1H3,(H2,27,28,34). The third kappa shape index (κ3) is 6.14. The summed E-state index contributed by atoms with van der Waals surface area (Å²) in [5.74, 6) is 0.0656. The molecule has 0 unspecified atom stereocenters. The molecule has 10 heteroatoms. The van der Waals surface area contributed by atoms with Gasteiger partial charge in [0.1, 0.15) is 5.52 Å². The number of piperidine rings is 1. The Hall–Kier alpha value is -3.95. The van der Waals surface area contributed by atoms with Crippen LogP contribution in [0.1, 0.15) is 31.7 Å². The highest BCUT2D eigenvalue weighted by atomic mass is 16.5. The van der Waals surface area contributed by atoms with Gasteiger partial charge in [0.25, 0.3) is 5.56 Å². The fourth-order valence-corrected chi connectivity index (χ4v) is 4.16. The van der Waals surface area contributed by atoms with Gasteiger partial charge in [-0.3, -0.25) is 14.2 Å². The predicted octanol–water partition coefficient (Wildman–Crippen LogP) is 2.06. The fraction of sp³-hybridized carbons (Fsp3) is 0.400. The summed E-state index contributed by atoms with van der Waals surface area (Å²) in [6.07, 6.45) is 3.16. The van der Waals surface area contributed by atoms with Crippen molar-refractivity contribution in [1.29, 1.82) is 0 Å². The molecule has 1 saturated heterocycles. The number of benzene rings is 1. The van der Waals surface area contributed by atoms with Crippen molar-refractivity contribution in [2.24, 2.45) is 0 Å². The lowest BCUT2D eigenvalue weighted by atomic mass is 10.1. The number of amides is 2. The SMILES string of the molecule is CCOC(=O)CCNC(=O)NC1CCN(c2nc3cccnc3n(Cc3ccccc3)c2=O)CC1. The summed E-state index contributed by atoms with van der Waals surface area (Å²) in [4.78, 5) is 48.0. The van der Waals surface area contributed by atoms with E-state index >= 15 is 0 Å². The van der Waals surface area contributed by atoms with Crippen molar-refractivity contribution in [3.63, 3.8) is 0 Å². The Bertz CT molecular complexity index is 1220. The predicted molar refractivity (Wildman–Crippen MR) is 132 cm³/mol. The lowest BCUT2D eigenvalue weighted by Crippen LogP contribution is -2.49. The Labute approximate surface area is 203 Å². The molecule has 3 heterocycles. The van der Waals surface area contributed by atoms with Crippen molar-refractivity contribution in [2.75, 3.05) is 31.1 Å². The van der Waals surface area contributed by atoms with Crippen LogP contribution in [0.3, 0.4) is 0 Å². The molecule has 0 bridgehead atoms. The van der Waals surface area contributed by atoms with Crippen LogP contribution in [0, 0.1) is 0 Å². The summed E-state index contributed by atoms with van der Waals surface area (Å²) in [6.45, 7) is 3.88. The van der Waals surface area contributed by atoms with Crippen LogP contribution in [0.4, 0.5) is 10.6 Å². The Morgan fingerprint density at radius 3 is 2.63 bits per heavy atom. The number of carbonyl (C=O) groups is 2. The summed E-state index contributed by atoms with van der Waals surface area (Å²) in [6, 6.07) is 13.1. The van der Waals surface area contributed by atoms with Crippen LogP contribution in [0.25, 0.3) is 11.2 Å². The minimum absolute atomic E-state index is 0.0255.